The molecule has 1 saturated carbocycles. The molecular weight excluding hydrogens is 256 g/mol. The van der Waals surface area contributed by atoms with Crippen LogP contribution in [0, 0.1) is 0 Å². The van der Waals surface area contributed by atoms with Crippen LogP contribution in [0.1, 0.15) is 18.5 Å². The van der Waals surface area contributed by atoms with Crippen LogP contribution in [0.25, 0.3) is 0 Å². The van der Waals surface area contributed by atoms with Crippen LogP contribution >= 0.6 is 0 Å². The zero-order valence-corrected chi connectivity index (χ0v) is 12.3. The number of aliphatic imine (C=N–C) groups is 1. The van der Waals surface area contributed by atoms with E-state index < -0.39 is 0 Å². The molecule has 20 heavy (non-hydrogen) atoms. The highest BCUT2D eigenvalue weighted by atomic mass is 16.2. The molecule has 1 aliphatic carbocycles. The summed E-state index contributed by atoms with van der Waals surface area (Å²) >= 11 is 0. The van der Waals surface area contributed by atoms with E-state index in [0.29, 0.717) is 18.5 Å². The molecule has 0 radical (unpaired) electrons. The van der Waals surface area contributed by atoms with Crippen molar-refractivity contribution in [3.05, 3.63) is 18.0 Å². The van der Waals surface area contributed by atoms with Gasteiger partial charge in [0.05, 0.1) is 18.8 Å². The Bertz CT molecular complexity index is 489. The normalized spacial score (nSPS) is 15.1. The molecule has 1 amide bonds. The van der Waals surface area contributed by atoms with Gasteiger partial charge in [0.2, 0.25) is 5.91 Å². The van der Waals surface area contributed by atoms with Crippen molar-refractivity contribution in [3.8, 4) is 0 Å². The number of aryl methyl sites for hydroxylation is 1. The third kappa shape index (κ3) is 4.56. The fourth-order valence-corrected chi connectivity index (χ4v) is 1.60. The van der Waals surface area contributed by atoms with E-state index in [2.05, 4.69) is 20.7 Å². The Morgan fingerprint density at radius 2 is 2.30 bits per heavy atom. The third-order valence-corrected chi connectivity index (χ3v) is 2.99. The van der Waals surface area contributed by atoms with Crippen molar-refractivity contribution in [2.24, 2.45) is 12.0 Å². The first-order chi connectivity index (χ1) is 9.54. The highest BCUT2D eigenvalue weighted by molar-refractivity contribution is 5.86. The van der Waals surface area contributed by atoms with Gasteiger partial charge in [-0.15, -0.1) is 0 Å². The van der Waals surface area contributed by atoms with E-state index in [0.717, 1.165) is 18.5 Å². The highest BCUT2D eigenvalue weighted by Crippen LogP contribution is 2.18. The summed E-state index contributed by atoms with van der Waals surface area (Å²) in [6.07, 6.45) is 4.21. The van der Waals surface area contributed by atoms with Crippen molar-refractivity contribution in [3.63, 3.8) is 0 Å². The van der Waals surface area contributed by atoms with Crippen molar-refractivity contribution in [2.45, 2.75) is 25.4 Å². The Morgan fingerprint density at radius 1 is 1.55 bits per heavy atom. The zero-order valence-electron chi connectivity index (χ0n) is 12.3. The van der Waals surface area contributed by atoms with Crippen molar-refractivity contribution in [2.75, 3.05) is 20.6 Å². The summed E-state index contributed by atoms with van der Waals surface area (Å²) < 4.78 is 1.75. The Morgan fingerprint density at radius 3 is 2.85 bits per heavy atom. The molecule has 0 spiro atoms. The number of nitrogens with zero attached hydrogens (tertiary/aromatic N) is 4. The van der Waals surface area contributed by atoms with E-state index in [-0.39, 0.29) is 12.5 Å². The zero-order chi connectivity index (χ0) is 14.5. The van der Waals surface area contributed by atoms with Crippen molar-refractivity contribution >= 4 is 11.9 Å². The van der Waals surface area contributed by atoms with Crippen LogP contribution in [0.5, 0.6) is 0 Å². The maximum absolute atomic E-state index is 11.6. The summed E-state index contributed by atoms with van der Waals surface area (Å²) in [7, 11) is 5.36. The molecule has 1 aliphatic rings. The van der Waals surface area contributed by atoms with E-state index >= 15 is 0 Å². The molecule has 2 N–H and O–H groups in total. The van der Waals surface area contributed by atoms with Crippen LogP contribution in [0.4, 0.5) is 0 Å². The molecule has 7 heteroatoms. The summed E-state index contributed by atoms with van der Waals surface area (Å²) in [5, 5.41) is 10.6. The summed E-state index contributed by atoms with van der Waals surface area (Å²) in [4.78, 5) is 17.6. The second kappa shape index (κ2) is 6.40. The van der Waals surface area contributed by atoms with Crippen LogP contribution in [0.2, 0.25) is 0 Å². The molecule has 110 valence electrons. The second-order valence-electron chi connectivity index (χ2n) is 5.21. The van der Waals surface area contributed by atoms with E-state index in [4.69, 9.17) is 0 Å². The highest BCUT2D eigenvalue weighted by Gasteiger charge is 2.22. The lowest BCUT2D eigenvalue weighted by Crippen LogP contribution is -2.43. The van der Waals surface area contributed by atoms with Gasteiger partial charge in [-0.3, -0.25) is 9.48 Å². The van der Waals surface area contributed by atoms with Gasteiger partial charge in [0.1, 0.15) is 0 Å². The lowest BCUT2D eigenvalue weighted by atomic mass is 10.4. The number of carbonyl (C=O) groups excluding carboxylic acids is 1. The molecule has 1 fully saturated rings. The van der Waals surface area contributed by atoms with Crippen LogP contribution in [-0.4, -0.2) is 53.2 Å². The van der Waals surface area contributed by atoms with Crippen LogP contribution in [-0.2, 0) is 18.4 Å². The van der Waals surface area contributed by atoms with Gasteiger partial charge >= 0.3 is 0 Å². The molecule has 0 aromatic carbocycles. The van der Waals surface area contributed by atoms with Gasteiger partial charge in [-0.2, -0.15) is 5.10 Å². The minimum Gasteiger partial charge on any atom is -0.354 e. The number of amides is 1. The molecule has 1 heterocycles. The van der Waals surface area contributed by atoms with Gasteiger partial charge in [0.25, 0.3) is 0 Å². The first kappa shape index (κ1) is 14.4. The van der Waals surface area contributed by atoms with Gasteiger partial charge in [-0.1, -0.05) is 0 Å². The maximum Gasteiger partial charge on any atom is 0.241 e. The molecule has 0 unspecified atom stereocenters. The van der Waals surface area contributed by atoms with E-state index in [1.54, 1.807) is 23.7 Å². The lowest BCUT2D eigenvalue weighted by molar-refractivity contribution is -0.127. The topological polar surface area (TPSA) is 74.5 Å². The van der Waals surface area contributed by atoms with Crippen molar-refractivity contribution in [1.29, 1.82) is 0 Å². The molecule has 2 rings (SSSR count). The average Bonchev–Trinajstić information content (AvgIpc) is 3.13. The first-order valence-electron chi connectivity index (χ1n) is 6.78. The molecule has 7 nitrogen and oxygen atoms in total. The van der Waals surface area contributed by atoms with E-state index in [1.807, 2.05) is 19.3 Å². The standard InChI is InChI=1S/C13H22N6O/c1-18(2)12(20)9-15-13(16-10-4-5-10)14-8-11-6-7-19(3)17-11/h6-7,10H,4-5,8-9H2,1-3H3,(H2,14,15,16). The fourth-order valence-electron chi connectivity index (χ4n) is 1.60. The maximum atomic E-state index is 11.6. The molecule has 0 bridgehead atoms. The van der Waals surface area contributed by atoms with E-state index in [9.17, 15) is 4.79 Å². The SMILES string of the molecule is CN(C)C(=O)CNC(=NCc1ccn(C)n1)NC1CC1. The number of hydrogen-bond donors (Lipinski definition) is 2. The minimum absolute atomic E-state index is 0.0214. The molecule has 0 aliphatic heterocycles. The van der Waals surface area contributed by atoms with Crippen molar-refractivity contribution in [1.82, 2.24) is 25.3 Å². The lowest BCUT2D eigenvalue weighted by Gasteiger charge is -2.14. The van der Waals surface area contributed by atoms with Gasteiger partial charge in [0.15, 0.2) is 5.96 Å². The van der Waals surface area contributed by atoms with Gasteiger partial charge in [-0.25, -0.2) is 4.99 Å². The second-order valence-corrected chi connectivity index (χ2v) is 5.21. The third-order valence-electron chi connectivity index (χ3n) is 2.99. The Labute approximate surface area is 119 Å². The average molecular weight is 278 g/mol. The molecular formula is C13H22N6O. The Kier molecular flexibility index (Phi) is 4.60. The number of guanidine groups is 1. The van der Waals surface area contributed by atoms with Crippen molar-refractivity contribution < 1.29 is 4.79 Å². The quantitative estimate of drug-likeness (QED) is 0.573. The van der Waals surface area contributed by atoms with E-state index in [1.165, 1.54) is 0 Å². The van der Waals surface area contributed by atoms with Gasteiger partial charge in [0, 0.05) is 33.4 Å². The summed E-state index contributed by atoms with van der Waals surface area (Å²) in [5.41, 5.74) is 0.906. The predicted molar refractivity (Wildman–Crippen MR) is 77.2 cm³/mol. The Hall–Kier alpha value is -2.05. The van der Waals surface area contributed by atoms with Crippen LogP contribution in [0.3, 0.4) is 0 Å². The largest absolute Gasteiger partial charge is 0.354 e. The summed E-state index contributed by atoms with van der Waals surface area (Å²) in [6.45, 7) is 0.743. The molecule has 1 aromatic rings. The number of hydrogen-bond acceptors (Lipinski definition) is 3. The molecule has 1 aromatic heterocycles. The summed E-state index contributed by atoms with van der Waals surface area (Å²) in [6, 6.07) is 2.42. The number of carbonyl (C=O) groups is 1. The Balaban J connectivity index is 1.89. The summed E-state index contributed by atoms with van der Waals surface area (Å²) in [5.74, 6) is 0.696. The first-order valence-corrected chi connectivity index (χ1v) is 6.78. The number of rotatable bonds is 5. The van der Waals surface area contributed by atoms with Gasteiger partial charge < -0.3 is 15.5 Å². The smallest absolute Gasteiger partial charge is 0.241 e. The molecule has 0 saturated heterocycles. The number of nitrogens with one attached hydrogen (secondary N) is 2. The fraction of sp³-hybridized carbons (Fsp3) is 0.615. The molecule has 0 atom stereocenters. The monoisotopic (exact) mass is 278 g/mol. The van der Waals surface area contributed by atoms with Crippen LogP contribution < -0.4 is 10.6 Å². The van der Waals surface area contributed by atoms with Crippen LogP contribution in [0.15, 0.2) is 17.3 Å². The number of likely N-dealkylation sites (N-methyl/N-ethyl adjacent to an activating group) is 1. The predicted octanol–water partition coefficient (Wildman–Crippen LogP) is -0.294. The van der Waals surface area contributed by atoms with Gasteiger partial charge in [-0.05, 0) is 18.9 Å². The number of aromatic nitrogens is 2. The minimum atomic E-state index is 0.0214.